The molecule has 2 aliphatic heterocycles. The first-order valence-electron chi connectivity index (χ1n) is 13.6. The molecule has 11 nitrogen and oxygen atoms in total. The lowest BCUT2D eigenvalue weighted by Crippen LogP contribution is -2.41. The van der Waals surface area contributed by atoms with Crippen molar-refractivity contribution in [3.05, 3.63) is 71.9 Å². The second-order valence-corrected chi connectivity index (χ2v) is 10.6. The van der Waals surface area contributed by atoms with Crippen LogP contribution >= 0.6 is 0 Å². The van der Waals surface area contributed by atoms with Crippen LogP contribution in [0.15, 0.2) is 55.0 Å². The SMILES string of the molecule is CN(C(=O)O)c1nccn2c([C@@H]3CC[C@H]4CCC(=O)N4C3)nc(-c3ccc(C(=O)Nc4cc(C(F)(F)F)ccn4)cc3)c12. The third-order valence-corrected chi connectivity index (χ3v) is 8.00. The Balaban J connectivity index is 1.35. The number of carbonyl (C=O) groups is 3. The third kappa shape index (κ3) is 5.24. The maximum Gasteiger partial charge on any atom is 0.416 e. The second kappa shape index (κ2) is 10.7. The number of hydrogen-bond acceptors (Lipinski definition) is 6. The van der Waals surface area contributed by atoms with E-state index in [4.69, 9.17) is 4.98 Å². The molecule has 14 heteroatoms. The molecule has 2 N–H and O–H groups in total. The summed E-state index contributed by atoms with van der Waals surface area (Å²) in [7, 11) is 1.38. The Bertz CT molecular complexity index is 1740. The molecule has 6 rings (SSSR count). The van der Waals surface area contributed by atoms with Crippen LogP contribution in [0.5, 0.6) is 0 Å². The van der Waals surface area contributed by atoms with Crippen molar-refractivity contribution in [1.29, 1.82) is 0 Å². The van der Waals surface area contributed by atoms with E-state index in [1.54, 1.807) is 18.3 Å². The number of benzene rings is 1. The number of amides is 3. The van der Waals surface area contributed by atoms with Crippen LogP contribution in [0.1, 0.15) is 53.3 Å². The van der Waals surface area contributed by atoms with E-state index < -0.39 is 23.7 Å². The van der Waals surface area contributed by atoms with Gasteiger partial charge in [0.1, 0.15) is 22.9 Å². The Kier molecular flexibility index (Phi) is 6.98. The minimum Gasteiger partial charge on any atom is -0.465 e. The Morgan fingerprint density at radius 3 is 2.56 bits per heavy atom. The largest absolute Gasteiger partial charge is 0.465 e. The van der Waals surface area contributed by atoms with Gasteiger partial charge in [0.15, 0.2) is 5.82 Å². The second-order valence-electron chi connectivity index (χ2n) is 10.6. The zero-order chi connectivity index (χ0) is 30.5. The number of hydrogen-bond donors (Lipinski definition) is 2. The Hall–Kier alpha value is -5.01. The van der Waals surface area contributed by atoms with Crippen LogP contribution in [0.3, 0.4) is 0 Å². The van der Waals surface area contributed by atoms with Gasteiger partial charge in [0, 0.05) is 61.7 Å². The van der Waals surface area contributed by atoms with E-state index >= 15 is 0 Å². The summed E-state index contributed by atoms with van der Waals surface area (Å²) < 4.78 is 41.0. The van der Waals surface area contributed by atoms with E-state index in [1.807, 2.05) is 9.30 Å². The van der Waals surface area contributed by atoms with Gasteiger partial charge in [0.2, 0.25) is 5.91 Å². The van der Waals surface area contributed by atoms with Crippen molar-refractivity contribution < 1.29 is 32.7 Å². The van der Waals surface area contributed by atoms with E-state index in [-0.39, 0.29) is 35.1 Å². The highest BCUT2D eigenvalue weighted by Crippen LogP contribution is 2.39. The van der Waals surface area contributed by atoms with E-state index in [0.717, 1.165) is 42.5 Å². The molecule has 0 saturated carbocycles. The van der Waals surface area contributed by atoms with Gasteiger partial charge in [-0.1, -0.05) is 12.1 Å². The van der Waals surface area contributed by atoms with Crippen LogP contribution < -0.4 is 10.2 Å². The number of piperidine rings is 1. The first-order valence-corrected chi connectivity index (χ1v) is 13.6. The average Bonchev–Trinajstić information content (AvgIpc) is 3.57. The first-order chi connectivity index (χ1) is 20.5. The highest BCUT2D eigenvalue weighted by Gasteiger charge is 2.38. The molecule has 2 saturated heterocycles. The molecule has 4 aromatic rings. The van der Waals surface area contributed by atoms with Crippen LogP contribution in [0.4, 0.5) is 29.6 Å². The number of aromatic nitrogens is 4. The molecule has 1 aromatic carbocycles. The lowest BCUT2D eigenvalue weighted by Gasteiger charge is -2.34. The Morgan fingerprint density at radius 1 is 1.07 bits per heavy atom. The van der Waals surface area contributed by atoms with E-state index in [0.29, 0.717) is 35.6 Å². The smallest absolute Gasteiger partial charge is 0.416 e. The molecule has 2 fully saturated rings. The number of nitrogens with zero attached hydrogens (tertiary/aromatic N) is 6. The standard InChI is InChI=1S/C29H26F3N7O4/c1-37(28(42)43)26-24-23(36-25(38(24)13-12-34-26)18-6-7-20-8-9-22(40)39(20)15-18)16-2-4-17(5-3-16)27(41)35-21-14-19(10-11-33-21)29(30,31)32/h2-5,10-14,18,20H,6-9,15H2,1H3,(H,42,43)(H,33,35,41)/t18-,20+/m1/s1. The fourth-order valence-electron chi connectivity index (χ4n) is 5.79. The summed E-state index contributed by atoms with van der Waals surface area (Å²) in [5.74, 6) is -0.0379. The fourth-order valence-corrected chi connectivity index (χ4v) is 5.79. The van der Waals surface area contributed by atoms with Gasteiger partial charge >= 0.3 is 12.3 Å². The lowest BCUT2D eigenvalue weighted by molar-refractivity contribution is -0.137. The highest BCUT2D eigenvalue weighted by atomic mass is 19.4. The number of imidazole rings is 1. The minimum atomic E-state index is -4.58. The number of halogens is 3. The van der Waals surface area contributed by atoms with Gasteiger partial charge in [-0.05, 0) is 43.5 Å². The number of nitrogens with one attached hydrogen (secondary N) is 1. The Morgan fingerprint density at radius 2 is 1.84 bits per heavy atom. The summed E-state index contributed by atoms with van der Waals surface area (Å²) in [4.78, 5) is 53.2. The molecule has 3 aromatic heterocycles. The number of pyridine rings is 1. The van der Waals surface area contributed by atoms with Gasteiger partial charge < -0.3 is 15.3 Å². The molecule has 0 unspecified atom stereocenters. The topological polar surface area (TPSA) is 133 Å². The number of carboxylic acid groups (broad SMARTS) is 1. The molecule has 0 radical (unpaired) electrons. The highest BCUT2D eigenvalue weighted by molar-refractivity contribution is 6.04. The van der Waals surface area contributed by atoms with Crippen LogP contribution in [-0.4, -0.2) is 66.9 Å². The van der Waals surface area contributed by atoms with Gasteiger partial charge in [-0.25, -0.2) is 19.7 Å². The summed E-state index contributed by atoms with van der Waals surface area (Å²) in [5, 5.41) is 12.1. The van der Waals surface area contributed by atoms with Gasteiger partial charge in [0.05, 0.1) is 5.56 Å². The van der Waals surface area contributed by atoms with Gasteiger partial charge in [-0.15, -0.1) is 0 Å². The molecule has 0 spiro atoms. The molecule has 2 aliphatic rings. The van der Waals surface area contributed by atoms with Gasteiger partial charge in [-0.3, -0.25) is 18.9 Å². The summed E-state index contributed by atoms with van der Waals surface area (Å²) >= 11 is 0. The monoisotopic (exact) mass is 593 g/mol. The summed E-state index contributed by atoms with van der Waals surface area (Å²) in [6.45, 7) is 0.511. The zero-order valence-electron chi connectivity index (χ0n) is 22.9. The normalized spacial score (nSPS) is 18.5. The molecule has 2 atom stereocenters. The molecular formula is C29H26F3N7O4. The van der Waals surface area contributed by atoms with Crippen LogP contribution in [-0.2, 0) is 11.0 Å². The van der Waals surface area contributed by atoms with Gasteiger partial charge in [-0.2, -0.15) is 13.2 Å². The fraction of sp³-hybridized carbons (Fsp3) is 0.310. The van der Waals surface area contributed by atoms with E-state index in [2.05, 4.69) is 15.3 Å². The predicted molar refractivity (Wildman–Crippen MR) is 149 cm³/mol. The quantitative estimate of drug-likeness (QED) is 0.331. The minimum absolute atomic E-state index is 0.0880. The molecule has 43 heavy (non-hydrogen) atoms. The molecule has 0 bridgehead atoms. The molecular weight excluding hydrogens is 567 g/mol. The maximum atomic E-state index is 13.1. The van der Waals surface area contributed by atoms with E-state index in [1.165, 1.54) is 25.4 Å². The van der Waals surface area contributed by atoms with Crippen molar-refractivity contribution in [2.24, 2.45) is 0 Å². The average molecular weight is 594 g/mol. The van der Waals surface area contributed by atoms with Gasteiger partial charge in [0.25, 0.3) is 5.91 Å². The summed E-state index contributed by atoms with van der Waals surface area (Å²) in [6.07, 6.45) is 1.41. The predicted octanol–water partition coefficient (Wildman–Crippen LogP) is 5.05. The number of alkyl halides is 3. The number of carbonyl (C=O) groups excluding carboxylic acids is 2. The number of anilines is 2. The first kappa shape index (κ1) is 28.1. The lowest BCUT2D eigenvalue weighted by atomic mass is 9.92. The van der Waals surface area contributed by atoms with Crippen molar-refractivity contribution in [2.45, 2.75) is 43.8 Å². The van der Waals surface area contributed by atoms with Crippen molar-refractivity contribution in [3.63, 3.8) is 0 Å². The van der Waals surface area contributed by atoms with Crippen molar-refractivity contribution in [2.75, 3.05) is 23.8 Å². The summed E-state index contributed by atoms with van der Waals surface area (Å²) in [5.41, 5.74) is 0.680. The van der Waals surface area contributed by atoms with E-state index in [9.17, 15) is 32.7 Å². The number of fused-ring (bicyclic) bond motifs is 2. The third-order valence-electron chi connectivity index (χ3n) is 8.00. The molecule has 222 valence electrons. The molecule has 3 amide bonds. The van der Waals surface area contributed by atoms with Crippen LogP contribution in [0.2, 0.25) is 0 Å². The van der Waals surface area contributed by atoms with Crippen molar-refractivity contribution in [1.82, 2.24) is 24.3 Å². The van der Waals surface area contributed by atoms with Crippen LogP contribution in [0, 0.1) is 0 Å². The molecule has 5 heterocycles. The van der Waals surface area contributed by atoms with Crippen molar-refractivity contribution in [3.8, 4) is 11.3 Å². The summed E-state index contributed by atoms with van der Waals surface area (Å²) in [6, 6.07) is 8.03. The Labute approximate surface area is 243 Å². The maximum absolute atomic E-state index is 13.1. The molecule has 0 aliphatic carbocycles. The zero-order valence-corrected chi connectivity index (χ0v) is 22.9. The van der Waals surface area contributed by atoms with Crippen molar-refractivity contribution >= 4 is 35.1 Å². The number of rotatable bonds is 5. The van der Waals surface area contributed by atoms with Crippen LogP contribution in [0.25, 0.3) is 16.8 Å².